The van der Waals surface area contributed by atoms with Gasteiger partial charge in [-0.15, -0.1) is 13.2 Å². The number of hydrogen-bond donors (Lipinski definition) is 1. The molecule has 0 atom stereocenters. The molecular weight excluding hydrogens is 285 g/mol. The molecule has 8 heteroatoms. The van der Waals surface area contributed by atoms with Crippen LogP contribution in [-0.4, -0.2) is 21.1 Å². The van der Waals surface area contributed by atoms with Gasteiger partial charge >= 0.3 is 6.36 Å². The SMILES string of the molecule is CC(C)n1ncnc1CNc1ccccc1OC(F)(F)F. The van der Waals surface area contributed by atoms with Crippen molar-refractivity contribution < 1.29 is 17.9 Å². The number of ether oxygens (including phenoxy) is 1. The van der Waals surface area contributed by atoms with E-state index in [2.05, 4.69) is 20.1 Å². The number of nitrogens with zero attached hydrogens (tertiary/aromatic N) is 3. The topological polar surface area (TPSA) is 52.0 Å². The Morgan fingerprint density at radius 2 is 2.00 bits per heavy atom. The van der Waals surface area contributed by atoms with Crippen LogP contribution in [0.2, 0.25) is 0 Å². The van der Waals surface area contributed by atoms with Gasteiger partial charge in [-0.2, -0.15) is 5.10 Å². The molecule has 0 radical (unpaired) electrons. The van der Waals surface area contributed by atoms with Gasteiger partial charge in [0.05, 0.1) is 12.2 Å². The summed E-state index contributed by atoms with van der Waals surface area (Å²) in [6.07, 6.45) is -3.31. The molecule has 5 nitrogen and oxygen atoms in total. The molecule has 0 unspecified atom stereocenters. The van der Waals surface area contributed by atoms with Crippen LogP contribution in [0.3, 0.4) is 0 Å². The smallest absolute Gasteiger partial charge is 0.404 e. The maximum Gasteiger partial charge on any atom is 0.573 e. The van der Waals surface area contributed by atoms with E-state index < -0.39 is 6.36 Å². The molecule has 2 rings (SSSR count). The zero-order valence-electron chi connectivity index (χ0n) is 11.6. The molecule has 114 valence electrons. The van der Waals surface area contributed by atoms with Crippen molar-refractivity contribution in [2.45, 2.75) is 32.8 Å². The van der Waals surface area contributed by atoms with Gasteiger partial charge in [-0.25, -0.2) is 9.67 Å². The zero-order valence-corrected chi connectivity index (χ0v) is 11.6. The molecule has 1 heterocycles. The summed E-state index contributed by atoms with van der Waals surface area (Å²) in [6.45, 7) is 4.13. The maximum atomic E-state index is 12.3. The minimum atomic E-state index is -4.73. The van der Waals surface area contributed by atoms with Gasteiger partial charge in [0.15, 0.2) is 5.75 Å². The van der Waals surface area contributed by atoms with Gasteiger partial charge in [-0.05, 0) is 26.0 Å². The highest BCUT2D eigenvalue weighted by Crippen LogP contribution is 2.30. The van der Waals surface area contributed by atoms with E-state index in [0.29, 0.717) is 5.82 Å². The number of alkyl halides is 3. The van der Waals surface area contributed by atoms with Crippen LogP contribution < -0.4 is 10.1 Å². The van der Waals surface area contributed by atoms with Gasteiger partial charge < -0.3 is 10.1 Å². The first kappa shape index (κ1) is 15.1. The van der Waals surface area contributed by atoms with Gasteiger partial charge in [0, 0.05) is 6.04 Å². The highest BCUT2D eigenvalue weighted by molar-refractivity contribution is 5.56. The highest BCUT2D eigenvalue weighted by atomic mass is 19.4. The summed E-state index contributed by atoms with van der Waals surface area (Å²) >= 11 is 0. The van der Waals surface area contributed by atoms with E-state index in [1.54, 1.807) is 10.7 Å². The number of nitrogens with one attached hydrogen (secondary N) is 1. The Labute approximate surface area is 119 Å². The second-order valence-electron chi connectivity index (χ2n) is 4.61. The summed E-state index contributed by atoms with van der Waals surface area (Å²) in [4.78, 5) is 4.08. The molecule has 0 aliphatic rings. The number of benzene rings is 1. The van der Waals surface area contributed by atoms with E-state index in [-0.39, 0.29) is 24.0 Å². The van der Waals surface area contributed by atoms with Crippen LogP contribution in [0.25, 0.3) is 0 Å². The Hall–Kier alpha value is -2.25. The fourth-order valence-corrected chi connectivity index (χ4v) is 1.83. The molecule has 21 heavy (non-hydrogen) atoms. The van der Waals surface area contributed by atoms with Crippen molar-refractivity contribution in [1.29, 1.82) is 0 Å². The van der Waals surface area contributed by atoms with E-state index in [1.165, 1.54) is 24.5 Å². The molecule has 0 amide bonds. The van der Waals surface area contributed by atoms with Crippen molar-refractivity contribution in [2.24, 2.45) is 0 Å². The highest BCUT2D eigenvalue weighted by Gasteiger charge is 2.32. The minimum absolute atomic E-state index is 0.117. The maximum absolute atomic E-state index is 12.3. The van der Waals surface area contributed by atoms with Crippen LogP contribution in [0.1, 0.15) is 25.7 Å². The lowest BCUT2D eigenvalue weighted by atomic mass is 10.3. The third kappa shape index (κ3) is 4.11. The molecule has 0 spiro atoms. The summed E-state index contributed by atoms with van der Waals surface area (Å²) in [6, 6.07) is 5.98. The molecule has 0 saturated heterocycles. The first-order valence-electron chi connectivity index (χ1n) is 6.34. The lowest BCUT2D eigenvalue weighted by Crippen LogP contribution is -2.18. The van der Waals surface area contributed by atoms with E-state index in [9.17, 15) is 13.2 Å². The summed E-state index contributed by atoms with van der Waals surface area (Å²) in [7, 11) is 0. The fraction of sp³-hybridized carbons (Fsp3) is 0.385. The average Bonchev–Trinajstić information content (AvgIpc) is 2.84. The van der Waals surface area contributed by atoms with Gasteiger partial charge in [-0.3, -0.25) is 0 Å². The Balaban J connectivity index is 2.11. The van der Waals surface area contributed by atoms with E-state index >= 15 is 0 Å². The Morgan fingerprint density at radius 1 is 1.29 bits per heavy atom. The van der Waals surface area contributed by atoms with E-state index in [1.807, 2.05) is 13.8 Å². The summed E-state index contributed by atoms with van der Waals surface area (Å²) in [5.41, 5.74) is 0.244. The van der Waals surface area contributed by atoms with Crippen LogP contribution >= 0.6 is 0 Å². The molecule has 1 aromatic carbocycles. The first-order chi connectivity index (χ1) is 9.87. The van der Waals surface area contributed by atoms with Crippen LogP contribution in [0, 0.1) is 0 Å². The lowest BCUT2D eigenvalue weighted by molar-refractivity contribution is -0.274. The molecule has 0 bridgehead atoms. The molecule has 0 saturated carbocycles. The number of hydrogen-bond acceptors (Lipinski definition) is 4. The van der Waals surface area contributed by atoms with Crippen molar-refractivity contribution in [2.75, 3.05) is 5.32 Å². The van der Waals surface area contributed by atoms with Gasteiger partial charge in [0.1, 0.15) is 12.2 Å². The van der Waals surface area contributed by atoms with Crippen molar-refractivity contribution in [3.63, 3.8) is 0 Å². The number of para-hydroxylation sites is 2. The number of rotatable bonds is 5. The normalized spacial score (nSPS) is 11.7. The van der Waals surface area contributed by atoms with E-state index in [0.717, 1.165) is 0 Å². The molecule has 2 aromatic rings. The molecule has 0 fully saturated rings. The van der Waals surface area contributed by atoms with Gasteiger partial charge in [0.25, 0.3) is 0 Å². The van der Waals surface area contributed by atoms with E-state index in [4.69, 9.17) is 0 Å². The molecule has 0 aliphatic heterocycles. The molecule has 1 aromatic heterocycles. The van der Waals surface area contributed by atoms with Crippen molar-refractivity contribution in [3.8, 4) is 5.75 Å². The van der Waals surface area contributed by atoms with Crippen molar-refractivity contribution in [3.05, 3.63) is 36.4 Å². The first-order valence-corrected chi connectivity index (χ1v) is 6.34. The van der Waals surface area contributed by atoms with Crippen LogP contribution in [0.5, 0.6) is 5.75 Å². The number of aromatic nitrogens is 3. The van der Waals surface area contributed by atoms with Gasteiger partial charge in [-0.1, -0.05) is 12.1 Å². The molecule has 0 aliphatic carbocycles. The summed E-state index contributed by atoms with van der Waals surface area (Å²) < 4.78 is 42.7. The summed E-state index contributed by atoms with van der Waals surface area (Å²) in [5.74, 6) is 0.354. The second kappa shape index (κ2) is 6.02. The third-order valence-electron chi connectivity index (χ3n) is 2.69. The zero-order chi connectivity index (χ0) is 15.5. The Morgan fingerprint density at radius 3 is 2.67 bits per heavy atom. The fourth-order valence-electron chi connectivity index (χ4n) is 1.83. The standard InChI is InChI=1S/C13H15F3N4O/c1-9(2)20-12(18-8-19-20)7-17-10-5-3-4-6-11(10)21-13(14,15)16/h3-6,8-9,17H,7H2,1-2H3. The molecular formula is C13H15F3N4O. The minimum Gasteiger partial charge on any atom is -0.404 e. The monoisotopic (exact) mass is 300 g/mol. The number of anilines is 1. The predicted octanol–water partition coefficient (Wildman–Crippen LogP) is 3.37. The largest absolute Gasteiger partial charge is 0.573 e. The second-order valence-corrected chi connectivity index (χ2v) is 4.61. The predicted molar refractivity (Wildman–Crippen MR) is 70.9 cm³/mol. The summed E-state index contributed by atoms with van der Waals surface area (Å²) in [5, 5.41) is 6.95. The quantitative estimate of drug-likeness (QED) is 0.920. The Kier molecular flexibility index (Phi) is 4.35. The van der Waals surface area contributed by atoms with Crippen molar-refractivity contribution >= 4 is 5.69 Å². The van der Waals surface area contributed by atoms with Crippen LogP contribution in [0.15, 0.2) is 30.6 Å². The average molecular weight is 300 g/mol. The van der Waals surface area contributed by atoms with Crippen LogP contribution in [0.4, 0.5) is 18.9 Å². The third-order valence-corrected chi connectivity index (χ3v) is 2.69. The van der Waals surface area contributed by atoms with Gasteiger partial charge in [0.2, 0.25) is 0 Å². The van der Waals surface area contributed by atoms with Crippen molar-refractivity contribution in [1.82, 2.24) is 14.8 Å². The number of halogens is 3. The Bertz CT molecular complexity index is 595. The molecule has 1 N–H and O–H groups in total. The lowest BCUT2D eigenvalue weighted by Gasteiger charge is -2.15. The van der Waals surface area contributed by atoms with Crippen LogP contribution in [-0.2, 0) is 6.54 Å².